The first-order chi connectivity index (χ1) is 7.69. The Labute approximate surface area is 118 Å². The van der Waals surface area contributed by atoms with E-state index < -0.39 is 0 Å². The van der Waals surface area contributed by atoms with Gasteiger partial charge in [-0.3, -0.25) is 0 Å². The third-order valence-corrected chi connectivity index (χ3v) is 2.53. The predicted octanol–water partition coefficient (Wildman–Crippen LogP) is 4.09. The molecule has 0 heterocycles. The quantitative estimate of drug-likeness (QED) is 0.630. The summed E-state index contributed by atoms with van der Waals surface area (Å²) in [4.78, 5) is 0. The van der Waals surface area contributed by atoms with E-state index in [1.54, 1.807) is 6.08 Å². The average molecular weight is 297 g/mol. The van der Waals surface area contributed by atoms with Crippen molar-refractivity contribution >= 4 is 35.6 Å². The van der Waals surface area contributed by atoms with E-state index in [1.165, 1.54) is 0 Å². The molecule has 0 atom stereocenters. The van der Waals surface area contributed by atoms with Gasteiger partial charge in [0.15, 0.2) is 5.75 Å². The summed E-state index contributed by atoms with van der Waals surface area (Å²) in [6.45, 7) is 7.53. The van der Waals surface area contributed by atoms with E-state index in [0.29, 0.717) is 28.9 Å². The molecule has 0 aliphatic carbocycles. The van der Waals surface area contributed by atoms with Gasteiger partial charge in [-0.05, 0) is 24.6 Å². The summed E-state index contributed by atoms with van der Waals surface area (Å²) in [5.74, 6) is 0.554. The first-order valence-electron chi connectivity index (χ1n) is 5.11. The molecule has 0 aliphatic rings. The van der Waals surface area contributed by atoms with Crippen LogP contribution in [0.1, 0.15) is 12.5 Å². The van der Waals surface area contributed by atoms with Crippen LogP contribution in [0, 0.1) is 0 Å². The number of halogens is 3. The highest BCUT2D eigenvalue weighted by Gasteiger charge is 2.08. The molecule has 1 aromatic rings. The zero-order valence-corrected chi connectivity index (χ0v) is 12.0. The van der Waals surface area contributed by atoms with Crippen molar-refractivity contribution in [2.24, 2.45) is 0 Å². The van der Waals surface area contributed by atoms with Gasteiger partial charge in [0.05, 0.1) is 16.7 Å². The second-order valence-electron chi connectivity index (χ2n) is 3.24. The largest absolute Gasteiger partial charge is 0.491 e. The highest BCUT2D eigenvalue weighted by molar-refractivity contribution is 6.37. The first-order valence-corrected chi connectivity index (χ1v) is 5.87. The molecule has 1 N–H and O–H groups in total. The van der Waals surface area contributed by atoms with Crippen LogP contribution in [0.3, 0.4) is 0 Å². The Balaban J connectivity index is 0.00000256. The maximum absolute atomic E-state index is 6.07. The lowest BCUT2D eigenvalue weighted by atomic mass is 10.2. The van der Waals surface area contributed by atoms with Gasteiger partial charge < -0.3 is 10.1 Å². The summed E-state index contributed by atoms with van der Waals surface area (Å²) in [6, 6.07) is 3.71. The molecule has 0 spiro atoms. The maximum atomic E-state index is 6.07. The topological polar surface area (TPSA) is 21.3 Å². The van der Waals surface area contributed by atoms with Gasteiger partial charge in [0, 0.05) is 13.1 Å². The summed E-state index contributed by atoms with van der Waals surface area (Å²) in [5, 5.41) is 4.27. The summed E-state index contributed by atoms with van der Waals surface area (Å²) in [6.07, 6.45) is 1.80. The Bertz CT molecular complexity index is 346. The van der Waals surface area contributed by atoms with Gasteiger partial charge in [-0.25, -0.2) is 0 Å². The molecule has 96 valence electrons. The monoisotopic (exact) mass is 295 g/mol. The zero-order chi connectivity index (χ0) is 12.0. The Hall–Kier alpha value is -0.410. The van der Waals surface area contributed by atoms with Crippen LogP contribution < -0.4 is 10.1 Å². The average Bonchev–Trinajstić information content (AvgIpc) is 2.24. The molecule has 0 aliphatic heterocycles. The molecule has 0 saturated carbocycles. The van der Waals surface area contributed by atoms with Crippen molar-refractivity contribution in [2.45, 2.75) is 13.5 Å². The van der Waals surface area contributed by atoms with Crippen LogP contribution in [0.2, 0.25) is 10.0 Å². The fourth-order valence-corrected chi connectivity index (χ4v) is 1.96. The predicted molar refractivity (Wildman–Crippen MR) is 76.8 cm³/mol. The van der Waals surface area contributed by atoms with Gasteiger partial charge in [-0.15, -0.1) is 19.0 Å². The summed E-state index contributed by atoms with van der Waals surface area (Å²) in [5.41, 5.74) is 1.03. The van der Waals surface area contributed by atoms with Crippen molar-refractivity contribution < 1.29 is 4.74 Å². The van der Waals surface area contributed by atoms with Crippen LogP contribution >= 0.6 is 35.6 Å². The summed E-state index contributed by atoms with van der Waals surface area (Å²) >= 11 is 12.1. The van der Waals surface area contributed by atoms with Gasteiger partial charge in [-0.2, -0.15) is 0 Å². The van der Waals surface area contributed by atoms with Gasteiger partial charge >= 0.3 is 0 Å². The fraction of sp³-hybridized carbons (Fsp3) is 0.333. The minimum atomic E-state index is 0. The van der Waals surface area contributed by atoms with E-state index in [1.807, 2.05) is 19.1 Å². The molecule has 5 heteroatoms. The summed E-state index contributed by atoms with van der Waals surface area (Å²) < 4.78 is 5.35. The van der Waals surface area contributed by atoms with E-state index in [4.69, 9.17) is 27.9 Å². The smallest absolute Gasteiger partial charge is 0.156 e. The number of hydrogen-bond donors (Lipinski definition) is 1. The third-order valence-electron chi connectivity index (χ3n) is 1.96. The molecule has 2 nitrogen and oxygen atoms in total. The van der Waals surface area contributed by atoms with Crippen LogP contribution in [0.25, 0.3) is 0 Å². The number of benzene rings is 1. The van der Waals surface area contributed by atoms with Gasteiger partial charge in [0.2, 0.25) is 0 Å². The zero-order valence-electron chi connectivity index (χ0n) is 9.63. The van der Waals surface area contributed by atoms with E-state index >= 15 is 0 Å². The van der Waals surface area contributed by atoms with Crippen LogP contribution in [0.5, 0.6) is 5.75 Å². The molecule has 0 bridgehead atoms. The number of nitrogens with one attached hydrogen (secondary N) is 1. The second kappa shape index (κ2) is 8.65. The van der Waals surface area contributed by atoms with Crippen LogP contribution in [-0.2, 0) is 6.54 Å². The molecule has 0 fully saturated rings. The van der Waals surface area contributed by atoms with Gasteiger partial charge in [0.1, 0.15) is 0 Å². The highest BCUT2D eigenvalue weighted by atomic mass is 35.5. The molecular formula is C12H16Cl3NO. The molecule has 0 saturated heterocycles. The summed E-state index contributed by atoms with van der Waals surface area (Å²) in [7, 11) is 0. The molecule has 0 aromatic heterocycles. The lowest BCUT2D eigenvalue weighted by Gasteiger charge is -2.10. The number of hydrogen-bond acceptors (Lipinski definition) is 2. The van der Waals surface area contributed by atoms with E-state index in [0.717, 1.165) is 12.1 Å². The van der Waals surface area contributed by atoms with E-state index in [9.17, 15) is 0 Å². The number of rotatable bonds is 6. The number of ether oxygens (including phenoxy) is 1. The van der Waals surface area contributed by atoms with Crippen molar-refractivity contribution in [2.75, 3.05) is 13.2 Å². The third kappa shape index (κ3) is 5.17. The Kier molecular flexibility index (Phi) is 8.44. The van der Waals surface area contributed by atoms with Crippen LogP contribution in [-0.4, -0.2) is 13.2 Å². The van der Waals surface area contributed by atoms with Crippen molar-refractivity contribution in [3.05, 3.63) is 40.4 Å². The lowest BCUT2D eigenvalue weighted by molar-refractivity contribution is 0.340. The SMILES string of the molecule is C=CCNCc1cc(Cl)c(OCC)c(Cl)c1.Cl. The molecular weight excluding hydrogens is 280 g/mol. The highest BCUT2D eigenvalue weighted by Crippen LogP contribution is 2.34. The lowest BCUT2D eigenvalue weighted by Crippen LogP contribution is -2.12. The molecule has 1 aromatic carbocycles. The molecule has 0 unspecified atom stereocenters. The Morgan fingerprint density at radius 1 is 1.35 bits per heavy atom. The van der Waals surface area contributed by atoms with Crippen molar-refractivity contribution in [3.8, 4) is 5.75 Å². The normalized spacial score (nSPS) is 9.59. The van der Waals surface area contributed by atoms with Gasteiger partial charge in [0.25, 0.3) is 0 Å². The van der Waals surface area contributed by atoms with Crippen molar-refractivity contribution in [3.63, 3.8) is 0 Å². The Morgan fingerprint density at radius 2 is 1.94 bits per heavy atom. The van der Waals surface area contributed by atoms with Crippen LogP contribution in [0.4, 0.5) is 0 Å². The van der Waals surface area contributed by atoms with Crippen LogP contribution in [0.15, 0.2) is 24.8 Å². The molecule has 0 amide bonds. The maximum Gasteiger partial charge on any atom is 0.156 e. The second-order valence-corrected chi connectivity index (χ2v) is 4.06. The van der Waals surface area contributed by atoms with E-state index in [2.05, 4.69) is 11.9 Å². The van der Waals surface area contributed by atoms with E-state index in [-0.39, 0.29) is 12.4 Å². The van der Waals surface area contributed by atoms with Gasteiger partial charge in [-0.1, -0.05) is 29.3 Å². The van der Waals surface area contributed by atoms with Crippen molar-refractivity contribution in [1.82, 2.24) is 5.32 Å². The fourth-order valence-electron chi connectivity index (χ4n) is 1.32. The molecule has 1 rings (SSSR count). The standard InChI is InChI=1S/C12H15Cl2NO.ClH/c1-3-5-15-8-9-6-10(13)12(16-4-2)11(14)7-9;/h3,6-7,15H,1,4-5,8H2,2H3;1H. The molecule has 17 heavy (non-hydrogen) atoms. The minimum Gasteiger partial charge on any atom is -0.491 e. The first kappa shape index (κ1) is 16.6. The van der Waals surface area contributed by atoms with Crippen molar-refractivity contribution in [1.29, 1.82) is 0 Å². The minimum absolute atomic E-state index is 0. The Morgan fingerprint density at radius 3 is 2.41 bits per heavy atom. The molecule has 0 radical (unpaired) electrons.